The zero-order chi connectivity index (χ0) is 42.2. The van der Waals surface area contributed by atoms with E-state index in [0.29, 0.717) is 17.5 Å². The van der Waals surface area contributed by atoms with Crippen molar-refractivity contribution in [3.63, 3.8) is 0 Å². The van der Waals surface area contributed by atoms with Gasteiger partial charge in [-0.1, -0.05) is 194 Å². The van der Waals surface area contributed by atoms with E-state index in [2.05, 4.69) is 158 Å². The predicted molar refractivity (Wildman–Crippen MR) is 257 cm³/mol. The molecule has 0 bridgehead atoms. The van der Waals surface area contributed by atoms with Crippen LogP contribution in [-0.4, -0.2) is 19.9 Å². The van der Waals surface area contributed by atoms with E-state index in [1.54, 1.807) is 0 Å². The van der Waals surface area contributed by atoms with E-state index >= 15 is 0 Å². The molecule has 298 valence electrons. The third-order valence-corrected chi connectivity index (χ3v) is 13.0. The summed E-state index contributed by atoms with van der Waals surface area (Å²) in [5, 5.41) is 3.28. The van der Waals surface area contributed by atoms with Crippen LogP contribution >= 0.6 is 0 Å². The van der Waals surface area contributed by atoms with Gasteiger partial charge in [0.15, 0.2) is 17.5 Å². The maximum atomic E-state index is 6.92. The maximum Gasteiger partial charge on any atom is 0.164 e. The molecule has 11 aromatic rings. The molecule has 5 heteroatoms. The first kappa shape index (κ1) is 36.1. The lowest BCUT2D eigenvalue weighted by Crippen LogP contribution is -2.32. The molecule has 0 unspecified atom stereocenters. The van der Waals surface area contributed by atoms with Gasteiger partial charge in [-0.25, -0.2) is 19.9 Å². The second kappa shape index (κ2) is 14.3. The van der Waals surface area contributed by atoms with Crippen LogP contribution in [0.4, 0.5) is 0 Å². The van der Waals surface area contributed by atoms with Crippen LogP contribution in [0.2, 0.25) is 0 Å². The second-order valence-corrected chi connectivity index (χ2v) is 16.5. The highest BCUT2D eigenvalue weighted by Gasteiger charge is 2.51. The molecule has 13 rings (SSSR count). The summed E-state index contributed by atoms with van der Waals surface area (Å²) in [6.07, 6.45) is 0. The van der Waals surface area contributed by atoms with Crippen molar-refractivity contribution in [1.82, 2.24) is 19.9 Å². The Hall–Kier alpha value is -8.54. The third kappa shape index (κ3) is 5.51. The lowest BCUT2D eigenvalue weighted by atomic mass is 9.65. The monoisotopic (exact) mass is 816 g/mol. The van der Waals surface area contributed by atoms with Crippen LogP contribution in [0.15, 0.2) is 218 Å². The summed E-state index contributed by atoms with van der Waals surface area (Å²) in [7, 11) is 0. The molecule has 0 amide bonds. The van der Waals surface area contributed by atoms with Crippen LogP contribution in [0.1, 0.15) is 22.3 Å². The van der Waals surface area contributed by atoms with Crippen molar-refractivity contribution in [2.24, 2.45) is 0 Å². The highest BCUT2D eigenvalue weighted by Crippen LogP contribution is 2.62. The molecule has 64 heavy (non-hydrogen) atoms. The fourth-order valence-corrected chi connectivity index (χ4v) is 10.1. The Kier molecular flexibility index (Phi) is 8.06. The summed E-state index contributed by atoms with van der Waals surface area (Å²) in [5.41, 5.74) is 14.7. The zero-order valence-electron chi connectivity index (χ0n) is 34.5. The molecule has 1 aliphatic carbocycles. The van der Waals surface area contributed by atoms with Gasteiger partial charge in [-0.3, -0.25) is 0 Å². The first-order valence-corrected chi connectivity index (χ1v) is 21.6. The molecule has 3 heterocycles. The molecule has 2 aromatic heterocycles. The molecule has 0 N–H and O–H groups in total. The smallest absolute Gasteiger partial charge is 0.164 e. The Balaban J connectivity index is 0.928. The quantitative estimate of drug-likeness (QED) is 0.162. The second-order valence-electron chi connectivity index (χ2n) is 16.5. The topological polar surface area (TPSA) is 60.8 Å². The number of fused-ring (bicyclic) bond motifs is 12. The molecule has 9 aromatic carbocycles. The summed E-state index contributed by atoms with van der Waals surface area (Å²) in [6, 6.07) is 76.7. The predicted octanol–water partition coefficient (Wildman–Crippen LogP) is 14.4. The average Bonchev–Trinajstić information content (AvgIpc) is 3.66. The minimum Gasteiger partial charge on any atom is -0.457 e. The number of ether oxygens (including phenoxy) is 1. The Morgan fingerprint density at radius 2 is 0.766 bits per heavy atom. The van der Waals surface area contributed by atoms with Crippen LogP contribution in [0.3, 0.4) is 0 Å². The number of hydrogen-bond donors (Lipinski definition) is 0. The largest absolute Gasteiger partial charge is 0.457 e. The molecule has 0 saturated heterocycles. The number of rotatable bonds is 5. The van der Waals surface area contributed by atoms with E-state index < -0.39 is 5.41 Å². The van der Waals surface area contributed by atoms with Crippen molar-refractivity contribution >= 4 is 21.7 Å². The molecule has 5 nitrogen and oxygen atoms in total. The zero-order valence-corrected chi connectivity index (χ0v) is 34.5. The summed E-state index contributed by atoms with van der Waals surface area (Å²) in [5.74, 6) is 3.66. The van der Waals surface area contributed by atoms with E-state index in [-0.39, 0.29) is 0 Å². The van der Waals surface area contributed by atoms with Gasteiger partial charge < -0.3 is 4.74 Å². The highest BCUT2D eigenvalue weighted by molar-refractivity contribution is 6.12. The summed E-state index contributed by atoms with van der Waals surface area (Å²) >= 11 is 0. The van der Waals surface area contributed by atoms with Gasteiger partial charge in [0.1, 0.15) is 11.5 Å². The molecular weight excluding hydrogens is 781 g/mol. The number of hydrogen-bond acceptors (Lipinski definition) is 5. The van der Waals surface area contributed by atoms with Crippen molar-refractivity contribution in [1.29, 1.82) is 0 Å². The SMILES string of the molecule is c1ccc(-c2nc(-c3ccccc3)nc(-c3ccc(-c4ccc(-c5nc6ccccc6c6cc7c(cc56)C5(c6ccccc6O7)c6ccccc6-c6ccccc65)cc4)cc3)n2)cc1. The fourth-order valence-electron chi connectivity index (χ4n) is 10.1. The number of aromatic nitrogens is 4. The number of benzene rings is 9. The van der Waals surface area contributed by atoms with Gasteiger partial charge in [-0.05, 0) is 63.0 Å². The van der Waals surface area contributed by atoms with Gasteiger partial charge in [0.2, 0.25) is 0 Å². The first-order chi connectivity index (χ1) is 31.7. The molecule has 2 aliphatic rings. The minimum atomic E-state index is -0.571. The first-order valence-electron chi connectivity index (χ1n) is 21.6. The van der Waals surface area contributed by atoms with Crippen LogP contribution in [0, 0.1) is 0 Å². The van der Waals surface area contributed by atoms with Gasteiger partial charge >= 0.3 is 0 Å². The molecule has 1 spiro atoms. The molecular formula is C59H36N4O. The normalized spacial score (nSPS) is 12.9. The number of pyridine rings is 1. The molecule has 0 fully saturated rings. The van der Waals surface area contributed by atoms with Crippen molar-refractivity contribution in [3.8, 4) is 79.2 Å². The minimum absolute atomic E-state index is 0.571. The van der Waals surface area contributed by atoms with Gasteiger partial charge in [0, 0.05) is 44.2 Å². The van der Waals surface area contributed by atoms with Crippen molar-refractivity contribution in [2.75, 3.05) is 0 Å². The van der Waals surface area contributed by atoms with Gasteiger partial charge in [-0.2, -0.15) is 0 Å². The van der Waals surface area contributed by atoms with E-state index in [1.807, 2.05) is 60.7 Å². The lowest BCUT2D eigenvalue weighted by Gasteiger charge is -2.39. The van der Waals surface area contributed by atoms with Gasteiger partial charge in [0.25, 0.3) is 0 Å². The van der Waals surface area contributed by atoms with Crippen molar-refractivity contribution in [2.45, 2.75) is 5.41 Å². The Morgan fingerprint density at radius 1 is 0.297 bits per heavy atom. The van der Waals surface area contributed by atoms with Crippen molar-refractivity contribution in [3.05, 3.63) is 241 Å². The maximum absolute atomic E-state index is 6.92. The van der Waals surface area contributed by atoms with Crippen LogP contribution in [0.25, 0.3) is 89.4 Å². The number of nitrogens with zero attached hydrogens (tertiary/aromatic N) is 4. The van der Waals surface area contributed by atoms with Crippen LogP contribution in [0.5, 0.6) is 11.5 Å². The molecule has 0 saturated carbocycles. The highest BCUT2D eigenvalue weighted by atomic mass is 16.5. The molecule has 1 aliphatic heterocycles. The Bertz CT molecular complexity index is 3520. The Morgan fingerprint density at radius 3 is 1.38 bits per heavy atom. The van der Waals surface area contributed by atoms with E-state index in [9.17, 15) is 0 Å². The summed E-state index contributed by atoms with van der Waals surface area (Å²) in [4.78, 5) is 20.2. The van der Waals surface area contributed by atoms with Crippen LogP contribution < -0.4 is 4.74 Å². The summed E-state index contributed by atoms with van der Waals surface area (Å²) < 4.78 is 6.92. The van der Waals surface area contributed by atoms with E-state index in [1.165, 1.54) is 22.3 Å². The van der Waals surface area contributed by atoms with Gasteiger partial charge in [0.05, 0.1) is 16.6 Å². The lowest BCUT2D eigenvalue weighted by molar-refractivity contribution is 0.437. The third-order valence-electron chi connectivity index (χ3n) is 13.0. The standard InChI is InChI=1S/C59H36N4O/c1-3-15-40(16-4-1)56-61-57(41-17-5-2-6-18-41)63-58(62-56)42-33-29-38(30-34-42)37-27-31-39(32-28-37)55-47-35-51-54(36-46(47)45-21-9-13-25-52(45)60-55)64-53-26-14-12-24-50(53)59(51)48-22-10-7-19-43(48)44-20-8-11-23-49(44)59/h1-36H. The van der Waals surface area contributed by atoms with Crippen LogP contribution in [-0.2, 0) is 5.41 Å². The molecule has 0 atom stereocenters. The Labute approximate surface area is 370 Å². The summed E-state index contributed by atoms with van der Waals surface area (Å²) in [6.45, 7) is 0. The molecule has 0 radical (unpaired) electrons. The van der Waals surface area contributed by atoms with E-state index in [0.717, 1.165) is 83.4 Å². The average molecular weight is 817 g/mol. The fraction of sp³-hybridized carbons (Fsp3) is 0.0169. The van der Waals surface area contributed by atoms with E-state index in [4.69, 9.17) is 24.7 Å². The van der Waals surface area contributed by atoms with Gasteiger partial charge in [-0.15, -0.1) is 0 Å². The van der Waals surface area contributed by atoms with Crippen molar-refractivity contribution < 1.29 is 4.74 Å². The number of para-hydroxylation sites is 2.